The number of fused-ring (bicyclic) bond motifs is 2. The average Bonchev–Trinajstić information content (AvgIpc) is 3.35. The molecule has 0 radical (unpaired) electrons. The molecule has 4 aromatic rings. The van der Waals surface area contributed by atoms with Gasteiger partial charge in [0.05, 0.1) is 32.2 Å². The van der Waals surface area contributed by atoms with Gasteiger partial charge in [0.15, 0.2) is 5.78 Å². The molecule has 2 aromatic heterocycles. The number of aromatic nitrogens is 3. The Hall–Kier alpha value is -3.11. The molecule has 1 aliphatic heterocycles. The SMILES string of the molecule is O=C(c1ccccn1)[C@]12Cc3cnn(-c4ccc(F)cc4)c3C[C@@H]1CCN(S(=O)(=O)c1ccc(Cl)c(Cl)c1)C2. The third-order valence-electron chi connectivity index (χ3n) is 7.82. The molecule has 1 fully saturated rings. The van der Waals surface area contributed by atoms with Crippen molar-refractivity contribution in [1.29, 1.82) is 0 Å². The summed E-state index contributed by atoms with van der Waals surface area (Å²) in [4.78, 5) is 18.5. The molecule has 200 valence electrons. The fourth-order valence-electron chi connectivity index (χ4n) is 5.83. The molecule has 1 saturated heterocycles. The number of carbonyl (C=O) groups excluding carboxylic acids is 1. The van der Waals surface area contributed by atoms with E-state index in [4.69, 9.17) is 23.2 Å². The molecule has 39 heavy (non-hydrogen) atoms. The number of benzene rings is 2. The van der Waals surface area contributed by atoms with Crippen molar-refractivity contribution in [3.63, 3.8) is 0 Å². The first-order valence-corrected chi connectivity index (χ1v) is 14.6. The monoisotopic (exact) mass is 584 g/mol. The Balaban J connectivity index is 1.42. The largest absolute Gasteiger partial charge is 0.292 e. The number of nitrogens with zero attached hydrogens (tertiary/aromatic N) is 4. The van der Waals surface area contributed by atoms with E-state index in [0.29, 0.717) is 25.0 Å². The highest BCUT2D eigenvalue weighted by atomic mass is 35.5. The van der Waals surface area contributed by atoms with Crippen LogP contribution in [0.4, 0.5) is 4.39 Å². The minimum atomic E-state index is -3.96. The van der Waals surface area contributed by atoms with Crippen LogP contribution in [0.15, 0.2) is 78.0 Å². The molecule has 0 unspecified atom stereocenters. The van der Waals surface area contributed by atoms with E-state index in [-0.39, 0.29) is 45.5 Å². The summed E-state index contributed by atoms with van der Waals surface area (Å²) in [6.45, 7) is 0.237. The third kappa shape index (κ3) is 4.47. The van der Waals surface area contributed by atoms with Crippen LogP contribution in [-0.2, 0) is 22.9 Å². The van der Waals surface area contributed by atoms with Crippen molar-refractivity contribution in [1.82, 2.24) is 19.1 Å². The number of sulfonamides is 1. The maximum absolute atomic E-state index is 14.2. The van der Waals surface area contributed by atoms with Crippen LogP contribution in [0.3, 0.4) is 0 Å². The second kappa shape index (κ2) is 9.82. The Labute approximate surface area is 235 Å². The van der Waals surface area contributed by atoms with E-state index in [1.807, 2.05) is 0 Å². The van der Waals surface area contributed by atoms with Crippen LogP contribution in [0.25, 0.3) is 5.69 Å². The lowest BCUT2D eigenvalue weighted by Gasteiger charge is -2.49. The summed E-state index contributed by atoms with van der Waals surface area (Å²) in [5, 5.41) is 4.96. The zero-order valence-corrected chi connectivity index (χ0v) is 22.9. The summed E-state index contributed by atoms with van der Waals surface area (Å²) in [6.07, 6.45) is 4.57. The molecule has 0 saturated carbocycles. The smallest absolute Gasteiger partial charge is 0.243 e. The van der Waals surface area contributed by atoms with Gasteiger partial charge in [-0.3, -0.25) is 9.78 Å². The van der Waals surface area contributed by atoms with Crippen LogP contribution in [0.5, 0.6) is 0 Å². The molecule has 6 rings (SSSR count). The summed E-state index contributed by atoms with van der Waals surface area (Å²) in [5.74, 6) is -0.687. The summed E-state index contributed by atoms with van der Waals surface area (Å²) >= 11 is 12.2. The highest BCUT2D eigenvalue weighted by Gasteiger charge is 2.54. The summed E-state index contributed by atoms with van der Waals surface area (Å²) in [5.41, 5.74) is 1.77. The number of hydrogen-bond donors (Lipinski definition) is 0. The molecule has 0 amide bonds. The zero-order chi connectivity index (χ0) is 27.4. The second-order valence-corrected chi connectivity index (χ2v) is 12.7. The molecule has 2 aromatic carbocycles. The van der Waals surface area contributed by atoms with Crippen molar-refractivity contribution in [3.8, 4) is 5.69 Å². The van der Waals surface area contributed by atoms with E-state index in [2.05, 4.69) is 10.1 Å². The zero-order valence-electron chi connectivity index (χ0n) is 20.6. The number of carbonyl (C=O) groups is 1. The Morgan fingerprint density at radius 2 is 1.85 bits per heavy atom. The number of piperidine rings is 1. The lowest BCUT2D eigenvalue weighted by molar-refractivity contribution is 0.0394. The van der Waals surface area contributed by atoms with Gasteiger partial charge in [0.2, 0.25) is 10.0 Å². The van der Waals surface area contributed by atoms with Crippen LogP contribution in [0, 0.1) is 17.2 Å². The van der Waals surface area contributed by atoms with Crippen LogP contribution in [0.2, 0.25) is 10.0 Å². The molecule has 0 bridgehead atoms. The van der Waals surface area contributed by atoms with Crippen molar-refractivity contribution < 1.29 is 17.6 Å². The molecule has 1 aliphatic carbocycles. The number of Topliss-reactive ketones (excluding diaryl/α,β-unsaturated/α-hetero) is 1. The number of ketones is 1. The minimum Gasteiger partial charge on any atom is -0.292 e. The fourth-order valence-corrected chi connectivity index (χ4v) is 7.74. The molecular weight excluding hydrogens is 562 g/mol. The average molecular weight is 585 g/mol. The summed E-state index contributed by atoms with van der Waals surface area (Å²) < 4.78 is 44.2. The van der Waals surface area contributed by atoms with Crippen molar-refractivity contribution in [2.75, 3.05) is 13.1 Å². The standard InChI is InChI=1S/C28H23Cl2FN4O3S/c29-23-9-8-22(14-24(23)30)39(37,38)34-12-10-19-13-26-18(16-33-35(26)21-6-4-20(31)5-7-21)15-28(19,17-34)27(36)25-3-1-2-11-32-25/h1-9,11,14,16,19H,10,12-13,15,17H2/t19-,28-/m0/s1. The minimum absolute atomic E-state index is 0.00315. The Kier molecular flexibility index (Phi) is 6.58. The maximum Gasteiger partial charge on any atom is 0.243 e. The Bertz CT molecular complexity index is 1680. The van der Waals surface area contributed by atoms with Gasteiger partial charge < -0.3 is 0 Å². The predicted molar refractivity (Wildman–Crippen MR) is 145 cm³/mol. The molecular formula is C28H23Cl2FN4O3S. The molecule has 2 aliphatic rings. The van der Waals surface area contributed by atoms with Gasteiger partial charge in [0, 0.05) is 25.0 Å². The van der Waals surface area contributed by atoms with E-state index in [1.165, 1.54) is 34.6 Å². The van der Waals surface area contributed by atoms with Crippen LogP contribution in [-0.4, -0.2) is 46.4 Å². The lowest BCUT2D eigenvalue weighted by Crippen LogP contribution is -2.57. The van der Waals surface area contributed by atoms with Gasteiger partial charge in [-0.1, -0.05) is 29.3 Å². The van der Waals surface area contributed by atoms with Gasteiger partial charge in [-0.05, 0) is 85.3 Å². The molecule has 0 N–H and O–H groups in total. The predicted octanol–water partition coefficient (Wildman–Crippen LogP) is 5.39. The van der Waals surface area contributed by atoms with Gasteiger partial charge in [-0.2, -0.15) is 9.40 Å². The fraction of sp³-hybridized carbons (Fsp3) is 0.250. The molecule has 7 nitrogen and oxygen atoms in total. The normalized spacial score (nSPS) is 21.3. The summed E-state index contributed by atoms with van der Waals surface area (Å²) in [6, 6.07) is 15.5. The van der Waals surface area contributed by atoms with E-state index in [1.54, 1.807) is 47.4 Å². The third-order valence-corrected chi connectivity index (χ3v) is 10.4. The Morgan fingerprint density at radius 1 is 1.05 bits per heavy atom. The molecule has 3 heterocycles. The van der Waals surface area contributed by atoms with E-state index >= 15 is 0 Å². The van der Waals surface area contributed by atoms with Crippen molar-refractivity contribution in [2.45, 2.75) is 24.2 Å². The van der Waals surface area contributed by atoms with Gasteiger partial charge in [0.1, 0.15) is 11.5 Å². The first kappa shape index (κ1) is 26.1. The second-order valence-electron chi connectivity index (χ2n) is 9.99. The van der Waals surface area contributed by atoms with Crippen LogP contribution >= 0.6 is 23.2 Å². The first-order chi connectivity index (χ1) is 18.7. The molecule has 0 spiro atoms. The Morgan fingerprint density at radius 3 is 2.56 bits per heavy atom. The van der Waals surface area contributed by atoms with Gasteiger partial charge in [-0.25, -0.2) is 17.5 Å². The van der Waals surface area contributed by atoms with Gasteiger partial charge in [0.25, 0.3) is 0 Å². The number of halogens is 3. The number of pyridine rings is 1. The lowest BCUT2D eigenvalue weighted by atomic mass is 9.60. The number of rotatable bonds is 5. The summed E-state index contributed by atoms with van der Waals surface area (Å²) in [7, 11) is -3.96. The van der Waals surface area contributed by atoms with Gasteiger partial charge >= 0.3 is 0 Å². The quantitative estimate of drug-likeness (QED) is 0.293. The van der Waals surface area contributed by atoms with Crippen molar-refractivity contribution in [2.24, 2.45) is 11.3 Å². The van der Waals surface area contributed by atoms with Gasteiger partial charge in [-0.15, -0.1) is 0 Å². The van der Waals surface area contributed by atoms with E-state index in [9.17, 15) is 17.6 Å². The maximum atomic E-state index is 14.2. The van der Waals surface area contributed by atoms with Crippen LogP contribution < -0.4 is 0 Å². The molecule has 2 atom stereocenters. The first-order valence-electron chi connectivity index (χ1n) is 12.4. The number of hydrogen-bond acceptors (Lipinski definition) is 5. The molecule has 11 heteroatoms. The topological polar surface area (TPSA) is 85.2 Å². The van der Waals surface area contributed by atoms with E-state index < -0.39 is 15.4 Å². The van der Waals surface area contributed by atoms with E-state index in [0.717, 1.165) is 16.9 Å². The highest BCUT2D eigenvalue weighted by Crippen LogP contribution is 2.48. The highest BCUT2D eigenvalue weighted by molar-refractivity contribution is 7.89. The van der Waals surface area contributed by atoms with Crippen molar-refractivity contribution >= 4 is 39.0 Å². The van der Waals surface area contributed by atoms with Crippen molar-refractivity contribution in [3.05, 3.63) is 106 Å². The van der Waals surface area contributed by atoms with Crippen LogP contribution in [0.1, 0.15) is 28.2 Å².